The van der Waals surface area contributed by atoms with Crippen LogP contribution < -0.4 is 4.72 Å². The molecule has 1 aliphatic carbocycles. The van der Waals surface area contributed by atoms with Crippen molar-refractivity contribution < 1.29 is 8.42 Å². The summed E-state index contributed by atoms with van der Waals surface area (Å²) in [6.45, 7) is 0.624. The van der Waals surface area contributed by atoms with E-state index in [1.54, 1.807) is 18.2 Å². The van der Waals surface area contributed by atoms with E-state index in [-0.39, 0.29) is 4.75 Å². The molecule has 1 aliphatic heterocycles. The van der Waals surface area contributed by atoms with E-state index in [1.807, 2.05) is 36.0 Å². The number of amidine groups is 1. The Morgan fingerprint density at radius 2 is 1.74 bits per heavy atom. The van der Waals surface area contributed by atoms with Crippen molar-refractivity contribution in [3.63, 3.8) is 0 Å². The van der Waals surface area contributed by atoms with E-state index in [1.165, 1.54) is 4.90 Å². The summed E-state index contributed by atoms with van der Waals surface area (Å²) in [5, 5.41) is 0. The highest BCUT2D eigenvalue weighted by molar-refractivity contribution is 8.01. The molecule has 0 bridgehead atoms. The molecular weight excluding hydrogens is 328 g/mol. The summed E-state index contributed by atoms with van der Waals surface area (Å²) in [5.74, 6) is 0.473. The Labute approximate surface area is 140 Å². The molecule has 6 heteroatoms. The minimum absolute atomic E-state index is 0.108. The van der Waals surface area contributed by atoms with Gasteiger partial charge in [0.2, 0.25) is 0 Å². The molecule has 0 unspecified atom stereocenters. The van der Waals surface area contributed by atoms with Crippen LogP contribution in [0, 0.1) is 0 Å². The zero-order valence-corrected chi connectivity index (χ0v) is 14.0. The zero-order valence-electron chi connectivity index (χ0n) is 12.4. The molecule has 23 heavy (non-hydrogen) atoms. The number of aliphatic imine (C=N–C) groups is 1. The molecule has 1 saturated carbocycles. The Morgan fingerprint density at radius 1 is 1.04 bits per heavy atom. The van der Waals surface area contributed by atoms with Crippen molar-refractivity contribution in [1.29, 1.82) is 0 Å². The molecular formula is C17H16N2O2S2. The number of benzene rings is 2. The second-order valence-corrected chi connectivity index (χ2v) is 9.06. The maximum absolute atomic E-state index is 12.1. The van der Waals surface area contributed by atoms with Crippen LogP contribution in [0.3, 0.4) is 0 Å². The number of hydrogen-bond acceptors (Lipinski definition) is 4. The lowest BCUT2D eigenvalue weighted by Crippen LogP contribution is -2.23. The first-order valence-corrected chi connectivity index (χ1v) is 9.79. The molecule has 1 heterocycles. The van der Waals surface area contributed by atoms with Gasteiger partial charge in [0.05, 0.1) is 11.4 Å². The van der Waals surface area contributed by atoms with Gasteiger partial charge in [-0.15, -0.1) is 11.8 Å². The van der Waals surface area contributed by atoms with Gasteiger partial charge in [-0.05, 0) is 37.1 Å². The van der Waals surface area contributed by atoms with Crippen LogP contribution in [-0.2, 0) is 10.0 Å². The SMILES string of the molecule is O=S1(=O)NC(=NCC2(Sc3ccccc3)CC2)c2ccccc21. The molecule has 2 aromatic carbocycles. The Morgan fingerprint density at radius 3 is 2.48 bits per heavy atom. The van der Waals surface area contributed by atoms with Crippen LogP contribution in [0.25, 0.3) is 0 Å². The highest BCUT2D eigenvalue weighted by Gasteiger charge is 2.44. The summed E-state index contributed by atoms with van der Waals surface area (Å²) in [7, 11) is -3.45. The van der Waals surface area contributed by atoms with E-state index < -0.39 is 10.0 Å². The first-order valence-electron chi connectivity index (χ1n) is 7.49. The van der Waals surface area contributed by atoms with E-state index in [9.17, 15) is 8.42 Å². The Bertz CT molecular complexity index is 872. The van der Waals surface area contributed by atoms with Crippen molar-refractivity contribution in [1.82, 2.24) is 4.72 Å². The van der Waals surface area contributed by atoms with E-state index >= 15 is 0 Å². The van der Waals surface area contributed by atoms with Gasteiger partial charge in [0, 0.05) is 15.2 Å². The smallest absolute Gasteiger partial charge is 0.263 e. The molecule has 4 nitrogen and oxygen atoms in total. The molecule has 0 saturated heterocycles. The molecule has 2 aliphatic rings. The van der Waals surface area contributed by atoms with Gasteiger partial charge in [0.25, 0.3) is 10.0 Å². The summed E-state index contributed by atoms with van der Waals surface area (Å²) in [5.41, 5.74) is 0.674. The lowest BCUT2D eigenvalue weighted by atomic mass is 10.2. The maximum atomic E-state index is 12.1. The fraction of sp³-hybridized carbons (Fsp3) is 0.235. The third-order valence-corrected chi connectivity index (χ3v) is 6.95. The number of fused-ring (bicyclic) bond motifs is 1. The molecule has 0 radical (unpaired) electrons. The van der Waals surface area contributed by atoms with E-state index in [4.69, 9.17) is 0 Å². The molecule has 0 amide bonds. The third kappa shape index (κ3) is 2.88. The van der Waals surface area contributed by atoms with Gasteiger partial charge < -0.3 is 0 Å². The lowest BCUT2D eigenvalue weighted by Gasteiger charge is -2.12. The summed E-state index contributed by atoms with van der Waals surface area (Å²) < 4.78 is 26.9. The largest absolute Gasteiger partial charge is 0.266 e. The zero-order chi connectivity index (χ0) is 15.9. The van der Waals surface area contributed by atoms with Crippen molar-refractivity contribution in [3.8, 4) is 0 Å². The number of nitrogens with zero attached hydrogens (tertiary/aromatic N) is 1. The van der Waals surface area contributed by atoms with Crippen LogP contribution in [0.1, 0.15) is 18.4 Å². The number of hydrogen-bond donors (Lipinski definition) is 1. The van der Waals surface area contributed by atoms with Crippen molar-refractivity contribution in [3.05, 3.63) is 60.2 Å². The summed E-state index contributed by atoms with van der Waals surface area (Å²) >= 11 is 1.84. The molecule has 4 rings (SSSR count). The topological polar surface area (TPSA) is 58.5 Å². The van der Waals surface area contributed by atoms with E-state index in [0.29, 0.717) is 22.8 Å². The van der Waals surface area contributed by atoms with Gasteiger partial charge in [0.1, 0.15) is 5.84 Å². The average Bonchev–Trinajstić information content (AvgIpc) is 3.26. The highest BCUT2D eigenvalue weighted by atomic mass is 32.2. The number of rotatable bonds is 4. The first-order chi connectivity index (χ1) is 11.1. The quantitative estimate of drug-likeness (QED) is 0.927. The normalized spacial score (nSPS) is 21.7. The standard InChI is InChI=1S/C17H16N2O2S2/c20-23(21)15-9-5-4-8-14(15)16(19-23)18-12-17(10-11-17)22-13-6-2-1-3-7-13/h1-9H,10-12H2,(H,18,19). The Hall–Kier alpha value is -1.79. The van der Waals surface area contributed by atoms with Crippen molar-refractivity contribution in [2.24, 2.45) is 4.99 Å². The van der Waals surface area contributed by atoms with Crippen LogP contribution in [0.5, 0.6) is 0 Å². The van der Waals surface area contributed by atoms with Gasteiger partial charge in [-0.3, -0.25) is 9.71 Å². The lowest BCUT2D eigenvalue weighted by molar-refractivity contribution is 0.595. The van der Waals surface area contributed by atoms with Gasteiger partial charge in [-0.25, -0.2) is 8.42 Å². The maximum Gasteiger partial charge on any atom is 0.263 e. The molecule has 1 N–H and O–H groups in total. The van der Waals surface area contributed by atoms with Crippen molar-refractivity contribution >= 4 is 27.6 Å². The molecule has 0 spiro atoms. The second kappa shape index (κ2) is 5.39. The summed E-state index contributed by atoms with van der Waals surface area (Å²) in [6, 6.07) is 17.3. The Balaban J connectivity index is 1.56. The van der Waals surface area contributed by atoms with Crippen LogP contribution in [0.2, 0.25) is 0 Å². The predicted octanol–water partition coefficient (Wildman–Crippen LogP) is 3.05. The third-order valence-electron chi connectivity index (χ3n) is 4.07. The van der Waals surface area contributed by atoms with Crippen LogP contribution in [-0.4, -0.2) is 25.5 Å². The van der Waals surface area contributed by atoms with Gasteiger partial charge >= 0.3 is 0 Å². The highest BCUT2D eigenvalue weighted by Crippen LogP contribution is 2.51. The van der Waals surface area contributed by atoms with Gasteiger partial charge in [-0.1, -0.05) is 30.3 Å². The average molecular weight is 344 g/mol. The van der Waals surface area contributed by atoms with Gasteiger partial charge in [-0.2, -0.15) is 0 Å². The molecule has 2 aromatic rings. The molecule has 1 fully saturated rings. The second-order valence-electron chi connectivity index (χ2n) is 5.86. The minimum atomic E-state index is -3.45. The fourth-order valence-corrected chi connectivity index (χ4v) is 5.12. The summed E-state index contributed by atoms with van der Waals surface area (Å²) in [6.07, 6.45) is 2.22. The van der Waals surface area contributed by atoms with Crippen molar-refractivity contribution in [2.45, 2.75) is 27.4 Å². The molecule has 0 aromatic heterocycles. The van der Waals surface area contributed by atoms with Gasteiger partial charge in [0.15, 0.2) is 0 Å². The first kappa shape index (κ1) is 14.8. The predicted molar refractivity (Wildman–Crippen MR) is 92.4 cm³/mol. The number of thioether (sulfide) groups is 1. The molecule has 118 valence electrons. The van der Waals surface area contributed by atoms with E-state index in [2.05, 4.69) is 21.8 Å². The monoisotopic (exact) mass is 344 g/mol. The van der Waals surface area contributed by atoms with Crippen molar-refractivity contribution in [2.75, 3.05) is 6.54 Å². The van der Waals surface area contributed by atoms with E-state index in [0.717, 1.165) is 12.8 Å². The fourth-order valence-electron chi connectivity index (χ4n) is 2.64. The molecule has 0 atom stereocenters. The van der Waals surface area contributed by atoms with Crippen LogP contribution >= 0.6 is 11.8 Å². The summed E-state index contributed by atoms with van der Waals surface area (Å²) in [4.78, 5) is 6.15. The number of nitrogens with one attached hydrogen (secondary N) is 1. The van der Waals surface area contributed by atoms with Crippen LogP contribution in [0.4, 0.5) is 0 Å². The Kier molecular flexibility index (Phi) is 3.46. The number of sulfonamides is 1. The minimum Gasteiger partial charge on any atom is -0.266 e. The van der Waals surface area contributed by atoms with Crippen LogP contribution in [0.15, 0.2) is 69.4 Å².